The van der Waals surface area contributed by atoms with Crippen LogP contribution in [0.4, 0.5) is 5.82 Å². The van der Waals surface area contributed by atoms with E-state index in [-0.39, 0.29) is 11.8 Å². The lowest BCUT2D eigenvalue weighted by molar-refractivity contribution is -0.118. The first-order valence-electron chi connectivity index (χ1n) is 11.0. The average Bonchev–Trinajstić information content (AvgIpc) is 3.27. The number of hydrogen-bond acceptors (Lipinski definition) is 5. The number of benzene rings is 2. The standard InChI is InChI=1S/C26H28N6O/c1-18-9-11-20(12-10-18)19(2)15-28-25(21-7-5-4-6-8-21)26(33)29-24-14-13-22(16-27-24)23-17-32(3)31-30-23/h4-14,16-17,19,25,28H,15H2,1-3H3,(H,27,29,33)/t19-,25+/m1/s1. The zero-order chi connectivity index (χ0) is 23.2. The van der Waals surface area contributed by atoms with Gasteiger partial charge in [-0.1, -0.05) is 72.3 Å². The summed E-state index contributed by atoms with van der Waals surface area (Å²) in [6, 6.07) is 21.4. The maximum Gasteiger partial charge on any atom is 0.247 e. The van der Waals surface area contributed by atoms with Crippen LogP contribution in [0.25, 0.3) is 11.3 Å². The van der Waals surface area contributed by atoms with Gasteiger partial charge in [0, 0.05) is 25.4 Å². The molecule has 2 aromatic heterocycles. The molecule has 0 aliphatic heterocycles. The Hall–Kier alpha value is -3.84. The summed E-state index contributed by atoms with van der Waals surface area (Å²) in [6.07, 6.45) is 3.50. The van der Waals surface area contributed by atoms with Gasteiger partial charge in [-0.2, -0.15) is 0 Å². The van der Waals surface area contributed by atoms with Crippen LogP contribution >= 0.6 is 0 Å². The summed E-state index contributed by atoms with van der Waals surface area (Å²) in [6.45, 7) is 4.90. The number of hydrogen-bond donors (Lipinski definition) is 2. The van der Waals surface area contributed by atoms with Gasteiger partial charge in [-0.25, -0.2) is 4.98 Å². The molecule has 168 valence electrons. The maximum atomic E-state index is 13.2. The summed E-state index contributed by atoms with van der Waals surface area (Å²) < 4.78 is 1.64. The molecule has 2 atom stereocenters. The largest absolute Gasteiger partial charge is 0.309 e. The zero-order valence-electron chi connectivity index (χ0n) is 19.1. The number of amides is 1. The normalized spacial score (nSPS) is 12.8. The summed E-state index contributed by atoms with van der Waals surface area (Å²) in [7, 11) is 1.81. The molecule has 7 nitrogen and oxygen atoms in total. The van der Waals surface area contributed by atoms with Crippen LogP contribution in [-0.2, 0) is 11.8 Å². The predicted octanol–water partition coefficient (Wildman–Crippen LogP) is 4.26. The van der Waals surface area contributed by atoms with E-state index >= 15 is 0 Å². The van der Waals surface area contributed by atoms with E-state index < -0.39 is 6.04 Å². The minimum atomic E-state index is -0.499. The molecular formula is C26H28N6O. The molecule has 0 bridgehead atoms. The van der Waals surface area contributed by atoms with Gasteiger partial charge in [0.15, 0.2) is 0 Å². The molecule has 1 amide bonds. The Morgan fingerprint density at radius 1 is 1.00 bits per heavy atom. The molecule has 0 saturated carbocycles. The Labute approximate surface area is 193 Å². The Bertz CT molecular complexity index is 1190. The second kappa shape index (κ2) is 10.2. The van der Waals surface area contributed by atoms with Crippen LogP contribution in [0.3, 0.4) is 0 Å². The molecule has 33 heavy (non-hydrogen) atoms. The first-order valence-corrected chi connectivity index (χ1v) is 11.0. The second-order valence-electron chi connectivity index (χ2n) is 8.26. The molecule has 0 spiro atoms. The van der Waals surface area contributed by atoms with E-state index in [2.05, 4.69) is 64.0 Å². The van der Waals surface area contributed by atoms with Crippen molar-refractivity contribution in [3.05, 3.63) is 95.8 Å². The second-order valence-corrected chi connectivity index (χ2v) is 8.26. The fourth-order valence-electron chi connectivity index (χ4n) is 3.61. The SMILES string of the molecule is Cc1ccc([C@H](C)CN[C@H](C(=O)Nc2ccc(-c3cn(C)nn3)cn2)c2ccccc2)cc1. The van der Waals surface area contributed by atoms with Crippen molar-refractivity contribution >= 4 is 11.7 Å². The molecule has 4 rings (SSSR count). The van der Waals surface area contributed by atoms with Crippen LogP contribution in [0.15, 0.2) is 79.1 Å². The lowest BCUT2D eigenvalue weighted by Gasteiger charge is -2.21. The molecule has 2 N–H and O–H groups in total. The van der Waals surface area contributed by atoms with Crippen molar-refractivity contribution in [1.29, 1.82) is 0 Å². The highest BCUT2D eigenvalue weighted by Gasteiger charge is 2.21. The summed E-state index contributed by atoms with van der Waals surface area (Å²) in [5, 5.41) is 14.4. The monoisotopic (exact) mass is 440 g/mol. The number of aromatic nitrogens is 4. The van der Waals surface area contributed by atoms with Crippen LogP contribution in [-0.4, -0.2) is 32.4 Å². The number of rotatable bonds is 8. The van der Waals surface area contributed by atoms with Crippen LogP contribution in [0.1, 0.15) is 35.6 Å². The van der Waals surface area contributed by atoms with Gasteiger partial charge >= 0.3 is 0 Å². The number of aryl methyl sites for hydroxylation is 2. The molecule has 2 aromatic carbocycles. The average molecular weight is 441 g/mol. The van der Waals surface area contributed by atoms with E-state index in [1.54, 1.807) is 16.9 Å². The van der Waals surface area contributed by atoms with Gasteiger partial charge in [-0.05, 0) is 36.1 Å². The van der Waals surface area contributed by atoms with Crippen LogP contribution in [0.5, 0.6) is 0 Å². The smallest absolute Gasteiger partial charge is 0.247 e. The molecule has 4 aromatic rings. The van der Waals surface area contributed by atoms with Gasteiger partial charge < -0.3 is 10.6 Å². The highest BCUT2D eigenvalue weighted by molar-refractivity contribution is 5.94. The fourth-order valence-corrected chi connectivity index (χ4v) is 3.61. The van der Waals surface area contributed by atoms with Crippen molar-refractivity contribution in [2.75, 3.05) is 11.9 Å². The lowest BCUT2D eigenvalue weighted by atomic mass is 9.98. The van der Waals surface area contributed by atoms with Crippen LogP contribution in [0.2, 0.25) is 0 Å². The summed E-state index contributed by atoms with van der Waals surface area (Å²) in [5.41, 5.74) is 4.95. The van der Waals surface area contributed by atoms with Crippen molar-refractivity contribution in [2.45, 2.75) is 25.8 Å². The highest BCUT2D eigenvalue weighted by Crippen LogP contribution is 2.21. The molecule has 0 aliphatic rings. The minimum absolute atomic E-state index is 0.156. The lowest BCUT2D eigenvalue weighted by Crippen LogP contribution is -2.35. The molecular weight excluding hydrogens is 412 g/mol. The van der Waals surface area contributed by atoms with Gasteiger partial charge in [0.05, 0.1) is 6.20 Å². The van der Waals surface area contributed by atoms with Crippen molar-refractivity contribution < 1.29 is 4.79 Å². The van der Waals surface area contributed by atoms with Crippen molar-refractivity contribution in [3.63, 3.8) is 0 Å². The molecule has 2 heterocycles. The minimum Gasteiger partial charge on any atom is -0.309 e. The summed E-state index contributed by atoms with van der Waals surface area (Å²) >= 11 is 0. The number of nitrogens with one attached hydrogen (secondary N) is 2. The van der Waals surface area contributed by atoms with Crippen molar-refractivity contribution in [2.24, 2.45) is 7.05 Å². The topological polar surface area (TPSA) is 84.7 Å². The van der Waals surface area contributed by atoms with Gasteiger partial charge in [-0.3, -0.25) is 9.48 Å². The number of nitrogens with zero attached hydrogens (tertiary/aromatic N) is 4. The molecule has 7 heteroatoms. The van der Waals surface area contributed by atoms with Crippen LogP contribution < -0.4 is 10.6 Å². The van der Waals surface area contributed by atoms with E-state index in [1.165, 1.54) is 11.1 Å². The summed E-state index contributed by atoms with van der Waals surface area (Å²) in [4.78, 5) is 17.6. The van der Waals surface area contributed by atoms with Crippen molar-refractivity contribution in [1.82, 2.24) is 25.3 Å². The number of carbonyl (C=O) groups is 1. The van der Waals surface area contributed by atoms with Crippen LogP contribution in [0, 0.1) is 6.92 Å². The fraction of sp³-hybridized carbons (Fsp3) is 0.231. The number of carbonyl (C=O) groups excluding carboxylic acids is 1. The van der Waals surface area contributed by atoms with E-state index in [4.69, 9.17) is 0 Å². The van der Waals surface area contributed by atoms with Gasteiger partial charge in [0.1, 0.15) is 17.6 Å². The maximum absolute atomic E-state index is 13.2. The molecule has 0 saturated heterocycles. The third-order valence-corrected chi connectivity index (χ3v) is 5.58. The van der Waals surface area contributed by atoms with Gasteiger partial charge in [-0.15, -0.1) is 5.10 Å². The van der Waals surface area contributed by atoms with E-state index in [9.17, 15) is 4.79 Å². The quantitative estimate of drug-likeness (QED) is 0.428. The molecule has 0 aliphatic carbocycles. The Morgan fingerprint density at radius 3 is 2.39 bits per heavy atom. The summed E-state index contributed by atoms with van der Waals surface area (Å²) in [5.74, 6) is 0.591. The first-order chi connectivity index (χ1) is 16.0. The third-order valence-electron chi connectivity index (χ3n) is 5.58. The molecule has 0 radical (unpaired) electrons. The molecule has 0 fully saturated rings. The molecule has 0 unspecified atom stereocenters. The highest BCUT2D eigenvalue weighted by atomic mass is 16.2. The first kappa shape index (κ1) is 22.4. The Balaban J connectivity index is 1.46. The number of anilines is 1. The van der Waals surface area contributed by atoms with E-state index in [1.807, 2.05) is 49.6 Å². The Kier molecular flexibility index (Phi) is 6.90. The number of pyridine rings is 1. The zero-order valence-corrected chi connectivity index (χ0v) is 19.1. The van der Waals surface area contributed by atoms with Crippen molar-refractivity contribution in [3.8, 4) is 11.3 Å². The van der Waals surface area contributed by atoms with Gasteiger partial charge in [0.25, 0.3) is 0 Å². The van der Waals surface area contributed by atoms with E-state index in [0.717, 1.165) is 16.8 Å². The third kappa shape index (κ3) is 5.70. The van der Waals surface area contributed by atoms with E-state index in [0.29, 0.717) is 12.4 Å². The predicted molar refractivity (Wildman–Crippen MR) is 130 cm³/mol. The van der Waals surface area contributed by atoms with Gasteiger partial charge in [0.2, 0.25) is 5.91 Å². The Morgan fingerprint density at radius 2 is 1.76 bits per heavy atom.